The van der Waals surface area contributed by atoms with E-state index in [-0.39, 0.29) is 24.8 Å². The van der Waals surface area contributed by atoms with E-state index >= 15 is 0 Å². The first-order chi connectivity index (χ1) is 13.2. The van der Waals surface area contributed by atoms with Gasteiger partial charge in [0.05, 0.1) is 6.42 Å². The molecule has 150 valence electrons. The number of hydrogen-bond donors (Lipinski definition) is 1. The largest absolute Gasteiger partial charge is 0.357 e. The summed E-state index contributed by atoms with van der Waals surface area (Å²) in [6.45, 7) is 6.14. The van der Waals surface area contributed by atoms with Crippen molar-refractivity contribution >= 4 is 35.0 Å². The van der Waals surface area contributed by atoms with Gasteiger partial charge in [-0.15, -0.1) is 0 Å². The van der Waals surface area contributed by atoms with Crippen molar-refractivity contribution in [3.63, 3.8) is 0 Å². The Morgan fingerprint density at radius 1 is 1.07 bits per heavy atom. The molecule has 0 saturated carbocycles. The number of halogens is 2. The molecule has 6 heteroatoms. The van der Waals surface area contributed by atoms with E-state index in [0.29, 0.717) is 16.5 Å². The van der Waals surface area contributed by atoms with Gasteiger partial charge in [-0.25, -0.2) is 0 Å². The Bertz CT molecular complexity index is 847. The third kappa shape index (κ3) is 5.73. The summed E-state index contributed by atoms with van der Waals surface area (Å²) < 4.78 is 0. The van der Waals surface area contributed by atoms with Crippen LogP contribution in [0.5, 0.6) is 0 Å². The molecule has 0 saturated heterocycles. The van der Waals surface area contributed by atoms with E-state index in [4.69, 9.17) is 23.2 Å². The summed E-state index contributed by atoms with van der Waals surface area (Å²) in [5.74, 6) is -0.312. The van der Waals surface area contributed by atoms with Crippen molar-refractivity contribution < 1.29 is 9.59 Å². The maximum Gasteiger partial charge on any atom is 0.242 e. The molecule has 0 aliphatic carbocycles. The van der Waals surface area contributed by atoms with Crippen molar-refractivity contribution in [1.82, 2.24) is 10.2 Å². The molecular weight excluding hydrogens is 395 g/mol. The number of carbonyl (C=O) groups excluding carboxylic acids is 2. The molecule has 1 N–H and O–H groups in total. The van der Waals surface area contributed by atoms with Crippen molar-refractivity contribution in [2.24, 2.45) is 0 Å². The van der Waals surface area contributed by atoms with Crippen LogP contribution in [0.2, 0.25) is 10.0 Å². The fourth-order valence-corrected chi connectivity index (χ4v) is 3.84. The highest BCUT2D eigenvalue weighted by Crippen LogP contribution is 2.24. The molecule has 0 aliphatic rings. The lowest BCUT2D eigenvalue weighted by molar-refractivity contribution is -0.140. The van der Waals surface area contributed by atoms with Crippen molar-refractivity contribution in [3.8, 4) is 0 Å². The number of carbonyl (C=O) groups is 2. The summed E-state index contributed by atoms with van der Waals surface area (Å²) in [6.07, 6.45) is 0.727. The zero-order valence-corrected chi connectivity index (χ0v) is 18.2. The van der Waals surface area contributed by atoms with Crippen LogP contribution < -0.4 is 5.32 Å². The van der Waals surface area contributed by atoms with E-state index < -0.39 is 6.04 Å². The van der Waals surface area contributed by atoms with Gasteiger partial charge in [-0.3, -0.25) is 9.59 Å². The summed E-state index contributed by atoms with van der Waals surface area (Å²) >= 11 is 12.3. The van der Waals surface area contributed by atoms with Gasteiger partial charge in [0, 0.05) is 23.6 Å². The SMILES string of the molecule is CCC(C(=O)NC)N(Cc1ccc(Cl)cc1Cl)C(=O)Cc1cc(C)cc(C)c1. The third-order valence-corrected chi connectivity index (χ3v) is 5.21. The first-order valence-corrected chi connectivity index (χ1v) is 10.0. The minimum absolute atomic E-state index is 0.119. The number of likely N-dealkylation sites (N-methyl/N-ethyl adjacent to an activating group) is 1. The highest BCUT2D eigenvalue weighted by atomic mass is 35.5. The highest BCUT2D eigenvalue weighted by Gasteiger charge is 2.28. The monoisotopic (exact) mass is 420 g/mol. The molecule has 4 nitrogen and oxygen atoms in total. The quantitative estimate of drug-likeness (QED) is 0.704. The topological polar surface area (TPSA) is 49.4 Å². The number of hydrogen-bond acceptors (Lipinski definition) is 2. The summed E-state index contributed by atoms with van der Waals surface area (Å²) in [5, 5.41) is 3.66. The van der Waals surface area contributed by atoms with Gasteiger partial charge in [0.1, 0.15) is 6.04 Å². The molecular formula is C22H26Cl2N2O2. The van der Waals surface area contributed by atoms with Gasteiger partial charge < -0.3 is 10.2 Å². The van der Waals surface area contributed by atoms with Crippen molar-refractivity contribution in [3.05, 3.63) is 68.7 Å². The fraction of sp³-hybridized carbons (Fsp3) is 0.364. The zero-order valence-electron chi connectivity index (χ0n) is 16.7. The summed E-state index contributed by atoms with van der Waals surface area (Å²) in [7, 11) is 1.58. The van der Waals surface area contributed by atoms with Crippen LogP contribution in [-0.2, 0) is 22.6 Å². The highest BCUT2D eigenvalue weighted by molar-refractivity contribution is 6.35. The molecule has 2 rings (SSSR count). The molecule has 1 atom stereocenters. The van der Waals surface area contributed by atoms with Gasteiger partial charge >= 0.3 is 0 Å². The average Bonchev–Trinajstić information content (AvgIpc) is 2.62. The van der Waals surface area contributed by atoms with Crippen LogP contribution in [0.1, 0.15) is 35.6 Å². The van der Waals surface area contributed by atoms with E-state index in [1.54, 1.807) is 30.1 Å². The minimum atomic E-state index is -0.574. The summed E-state index contributed by atoms with van der Waals surface area (Å²) in [5.41, 5.74) is 3.89. The first kappa shape index (κ1) is 22.3. The number of nitrogens with one attached hydrogen (secondary N) is 1. The van der Waals surface area contributed by atoms with Crippen LogP contribution in [0.3, 0.4) is 0 Å². The maximum absolute atomic E-state index is 13.2. The lowest BCUT2D eigenvalue weighted by Crippen LogP contribution is -2.48. The molecule has 2 aromatic carbocycles. The fourth-order valence-electron chi connectivity index (χ4n) is 3.37. The molecule has 0 aliphatic heterocycles. The Balaban J connectivity index is 2.35. The van der Waals surface area contributed by atoms with Gasteiger partial charge in [0.25, 0.3) is 0 Å². The molecule has 0 spiro atoms. The molecule has 0 radical (unpaired) electrons. The van der Waals surface area contributed by atoms with Crippen LogP contribution in [0.25, 0.3) is 0 Å². The number of aryl methyl sites for hydroxylation is 2. The van der Waals surface area contributed by atoms with Crippen LogP contribution >= 0.6 is 23.2 Å². The van der Waals surface area contributed by atoms with E-state index in [9.17, 15) is 9.59 Å². The van der Waals surface area contributed by atoms with Crippen LogP contribution in [0.4, 0.5) is 0 Å². The minimum Gasteiger partial charge on any atom is -0.357 e. The van der Waals surface area contributed by atoms with Crippen LogP contribution in [0, 0.1) is 13.8 Å². The zero-order chi connectivity index (χ0) is 20.8. The lowest BCUT2D eigenvalue weighted by atomic mass is 10.0. The van der Waals surface area contributed by atoms with E-state index in [2.05, 4.69) is 11.4 Å². The second-order valence-corrected chi connectivity index (χ2v) is 7.81. The second-order valence-electron chi connectivity index (χ2n) is 6.97. The maximum atomic E-state index is 13.2. The van der Waals surface area contributed by atoms with Crippen molar-refractivity contribution in [1.29, 1.82) is 0 Å². The Morgan fingerprint density at radius 3 is 2.25 bits per heavy atom. The number of benzene rings is 2. The normalized spacial score (nSPS) is 11.8. The van der Waals surface area contributed by atoms with Gasteiger partial charge in [-0.1, -0.05) is 65.5 Å². The molecule has 2 amide bonds. The summed E-state index contributed by atoms with van der Waals surface area (Å²) in [6, 6.07) is 10.7. The third-order valence-electron chi connectivity index (χ3n) is 4.62. The van der Waals surface area contributed by atoms with Crippen LogP contribution in [0.15, 0.2) is 36.4 Å². The van der Waals surface area contributed by atoms with Crippen molar-refractivity contribution in [2.75, 3.05) is 7.05 Å². The molecule has 0 bridgehead atoms. The summed E-state index contributed by atoms with van der Waals surface area (Å²) in [4.78, 5) is 27.2. The standard InChI is InChI=1S/C22H26Cl2N2O2/c1-5-20(22(28)25-4)26(13-17-6-7-18(23)12-19(17)24)21(27)11-16-9-14(2)8-15(3)10-16/h6-10,12,20H,5,11,13H2,1-4H3,(H,25,28). The molecule has 0 heterocycles. The Hall–Kier alpha value is -2.04. The molecule has 1 unspecified atom stereocenters. The predicted molar refractivity (Wildman–Crippen MR) is 115 cm³/mol. The van der Waals surface area contributed by atoms with E-state index in [0.717, 1.165) is 22.3 Å². The van der Waals surface area contributed by atoms with Gasteiger partial charge in [0.2, 0.25) is 11.8 Å². The predicted octanol–water partition coefficient (Wildman–Crippen LogP) is 4.71. The molecule has 0 fully saturated rings. The smallest absolute Gasteiger partial charge is 0.242 e. The Morgan fingerprint density at radius 2 is 1.71 bits per heavy atom. The Labute approximate surface area is 176 Å². The molecule has 2 aromatic rings. The Kier molecular flexibility index (Phi) is 7.90. The van der Waals surface area contributed by atoms with Gasteiger partial charge in [0.15, 0.2) is 0 Å². The number of rotatable bonds is 7. The van der Waals surface area contributed by atoms with E-state index in [1.807, 2.05) is 32.9 Å². The average molecular weight is 421 g/mol. The number of amides is 2. The van der Waals surface area contributed by atoms with Crippen LogP contribution in [-0.4, -0.2) is 29.8 Å². The first-order valence-electron chi connectivity index (χ1n) is 9.27. The second kappa shape index (κ2) is 9.94. The van der Waals surface area contributed by atoms with Gasteiger partial charge in [-0.2, -0.15) is 0 Å². The molecule has 0 aromatic heterocycles. The molecule has 28 heavy (non-hydrogen) atoms. The number of nitrogens with zero attached hydrogens (tertiary/aromatic N) is 1. The van der Waals surface area contributed by atoms with E-state index in [1.165, 1.54) is 0 Å². The van der Waals surface area contributed by atoms with Gasteiger partial charge in [-0.05, 0) is 43.5 Å². The van der Waals surface area contributed by atoms with Crippen molar-refractivity contribution in [2.45, 2.75) is 46.2 Å². The lowest BCUT2D eigenvalue weighted by Gasteiger charge is -2.30.